The molecule has 0 bridgehead atoms. The van der Waals surface area contributed by atoms with Crippen molar-refractivity contribution in [1.82, 2.24) is 9.88 Å². The number of carbonyl (C=O) groups is 1. The first-order chi connectivity index (χ1) is 8.49. The molecule has 1 aromatic rings. The molecule has 1 saturated heterocycles. The Hall–Kier alpha value is -1.14. The quantitative estimate of drug-likeness (QED) is 0.904. The first kappa shape index (κ1) is 13.3. The van der Waals surface area contributed by atoms with Gasteiger partial charge < -0.3 is 10.0 Å². The van der Waals surface area contributed by atoms with Gasteiger partial charge in [0.25, 0.3) is 0 Å². The van der Waals surface area contributed by atoms with Gasteiger partial charge in [-0.05, 0) is 20.8 Å². The number of aromatic nitrogens is 1. The summed E-state index contributed by atoms with van der Waals surface area (Å²) in [5.41, 5.74) is 0.619. The molecule has 0 atom stereocenters. The predicted molar refractivity (Wildman–Crippen MR) is 72.7 cm³/mol. The molecule has 100 valence electrons. The molecule has 2 heterocycles. The highest BCUT2D eigenvalue weighted by Gasteiger charge is 2.23. The number of nitrogens with zero attached hydrogens (tertiary/aromatic N) is 3. The third-order valence-electron chi connectivity index (χ3n) is 3.29. The zero-order chi connectivity index (χ0) is 13.3. The molecule has 0 saturated carbocycles. The zero-order valence-electron chi connectivity index (χ0n) is 11.0. The van der Waals surface area contributed by atoms with Crippen molar-refractivity contribution in [3.05, 3.63) is 10.6 Å². The predicted octanol–water partition coefficient (Wildman–Crippen LogP) is 1.68. The second-order valence-corrected chi connectivity index (χ2v) is 5.81. The highest BCUT2D eigenvalue weighted by atomic mass is 32.1. The fraction of sp³-hybridized carbons (Fsp3) is 0.667. The highest BCUT2D eigenvalue weighted by Crippen LogP contribution is 2.27. The van der Waals surface area contributed by atoms with Gasteiger partial charge >= 0.3 is 5.97 Å². The van der Waals surface area contributed by atoms with Crippen molar-refractivity contribution in [2.45, 2.75) is 26.8 Å². The second kappa shape index (κ2) is 5.24. The van der Waals surface area contributed by atoms with Crippen molar-refractivity contribution >= 4 is 22.4 Å². The van der Waals surface area contributed by atoms with Crippen LogP contribution in [0.4, 0.5) is 5.13 Å². The minimum absolute atomic E-state index is 0.358. The van der Waals surface area contributed by atoms with Crippen molar-refractivity contribution in [3.63, 3.8) is 0 Å². The Morgan fingerprint density at radius 1 is 1.33 bits per heavy atom. The summed E-state index contributed by atoms with van der Waals surface area (Å²) in [5.74, 6) is -0.878. The summed E-state index contributed by atoms with van der Waals surface area (Å²) in [6.07, 6.45) is 0. The SMILES string of the molecule is Cc1nc(N2CCN(C(C)C)CC2)sc1C(=O)O. The number of carboxylic acid groups (broad SMARTS) is 1. The minimum atomic E-state index is -0.878. The van der Waals surface area contributed by atoms with Crippen molar-refractivity contribution in [3.8, 4) is 0 Å². The van der Waals surface area contributed by atoms with Gasteiger partial charge in [0.15, 0.2) is 5.13 Å². The number of piperazine rings is 1. The van der Waals surface area contributed by atoms with E-state index in [1.54, 1.807) is 6.92 Å². The van der Waals surface area contributed by atoms with Crippen LogP contribution in [0, 0.1) is 6.92 Å². The zero-order valence-corrected chi connectivity index (χ0v) is 11.8. The molecule has 1 aliphatic rings. The molecule has 0 aromatic carbocycles. The third-order valence-corrected chi connectivity index (χ3v) is 4.50. The fourth-order valence-corrected chi connectivity index (χ4v) is 3.10. The maximum absolute atomic E-state index is 11.0. The van der Waals surface area contributed by atoms with Crippen molar-refractivity contribution in [2.24, 2.45) is 0 Å². The Morgan fingerprint density at radius 2 is 1.94 bits per heavy atom. The maximum atomic E-state index is 11.0. The standard InChI is InChI=1S/C12H19N3O2S/c1-8(2)14-4-6-15(7-5-14)12-13-9(3)10(18-12)11(16)17/h8H,4-7H2,1-3H3,(H,16,17). The van der Waals surface area contributed by atoms with Crippen LogP contribution < -0.4 is 4.90 Å². The maximum Gasteiger partial charge on any atom is 0.347 e. The molecule has 0 amide bonds. The van der Waals surface area contributed by atoms with Crippen LogP contribution in [-0.2, 0) is 0 Å². The smallest absolute Gasteiger partial charge is 0.347 e. The topological polar surface area (TPSA) is 56.7 Å². The van der Waals surface area contributed by atoms with Crippen LogP contribution in [0.2, 0.25) is 0 Å². The van der Waals surface area contributed by atoms with E-state index in [2.05, 4.69) is 28.6 Å². The van der Waals surface area contributed by atoms with E-state index in [0.29, 0.717) is 16.6 Å². The summed E-state index contributed by atoms with van der Waals surface area (Å²) >= 11 is 1.28. The van der Waals surface area contributed by atoms with Crippen LogP contribution in [0.15, 0.2) is 0 Å². The Kier molecular flexibility index (Phi) is 3.87. The van der Waals surface area contributed by atoms with Crippen LogP contribution in [-0.4, -0.2) is 53.2 Å². The number of carboxylic acids is 1. The molecule has 0 spiro atoms. The summed E-state index contributed by atoms with van der Waals surface area (Å²) in [6.45, 7) is 10.0. The number of anilines is 1. The van der Waals surface area contributed by atoms with Crippen molar-refractivity contribution < 1.29 is 9.90 Å². The molecule has 5 nitrogen and oxygen atoms in total. The molecular formula is C12H19N3O2S. The average molecular weight is 269 g/mol. The molecule has 6 heteroatoms. The van der Waals surface area contributed by atoms with Crippen molar-refractivity contribution in [2.75, 3.05) is 31.1 Å². The molecule has 1 fully saturated rings. The van der Waals surface area contributed by atoms with Gasteiger partial charge in [-0.1, -0.05) is 11.3 Å². The lowest BCUT2D eigenvalue weighted by Crippen LogP contribution is -2.48. The van der Waals surface area contributed by atoms with Gasteiger partial charge in [0.05, 0.1) is 5.69 Å². The van der Waals surface area contributed by atoms with E-state index in [9.17, 15) is 4.79 Å². The van der Waals surface area contributed by atoms with E-state index in [-0.39, 0.29) is 0 Å². The molecular weight excluding hydrogens is 250 g/mol. The van der Waals surface area contributed by atoms with E-state index in [4.69, 9.17) is 5.11 Å². The van der Waals surface area contributed by atoms with Crippen LogP contribution in [0.3, 0.4) is 0 Å². The lowest BCUT2D eigenvalue weighted by atomic mass is 10.2. The van der Waals surface area contributed by atoms with E-state index < -0.39 is 5.97 Å². The molecule has 1 aliphatic heterocycles. The number of hydrogen-bond acceptors (Lipinski definition) is 5. The monoisotopic (exact) mass is 269 g/mol. The van der Waals surface area contributed by atoms with Crippen LogP contribution >= 0.6 is 11.3 Å². The summed E-state index contributed by atoms with van der Waals surface area (Å²) in [5, 5.41) is 9.88. The summed E-state index contributed by atoms with van der Waals surface area (Å²) in [4.78, 5) is 20.3. The van der Waals surface area contributed by atoms with Gasteiger partial charge in [0, 0.05) is 32.2 Å². The van der Waals surface area contributed by atoms with Crippen LogP contribution in [0.25, 0.3) is 0 Å². The lowest BCUT2D eigenvalue weighted by Gasteiger charge is -2.36. The van der Waals surface area contributed by atoms with Gasteiger partial charge in [-0.3, -0.25) is 4.90 Å². The number of thiazole rings is 1. The van der Waals surface area contributed by atoms with Crippen LogP contribution in [0.1, 0.15) is 29.2 Å². The van der Waals surface area contributed by atoms with Crippen LogP contribution in [0.5, 0.6) is 0 Å². The third kappa shape index (κ3) is 2.64. The Balaban J connectivity index is 2.06. The van der Waals surface area contributed by atoms with E-state index in [1.165, 1.54) is 11.3 Å². The second-order valence-electron chi connectivity index (χ2n) is 4.83. The van der Waals surface area contributed by atoms with E-state index >= 15 is 0 Å². The molecule has 0 radical (unpaired) electrons. The van der Waals surface area contributed by atoms with Crippen molar-refractivity contribution in [1.29, 1.82) is 0 Å². The number of aryl methyl sites for hydroxylation is 1. The molecule has 1 aromatic heterocycles. The van der Waals surface area contributed by atoms with Gasteiger partial charge in [-0.25, -0.2) is 9.78 Å². The Labute approximate surface area is 111 Å². The molecule has 2 rings (SSSR count). The van der Waals surface area contributed by atoms with E-state index in [1.807, 2.05) is 0 Å². The van der Waals surface area contributed by atoms with E-state index in [0.717, 1.165) is 31.3 Å². The van der Waals surface area contributed by atoms with Gasteiger partial charge in [-0.15, -0.1) is 0 Å². The number of aromatic carboxylic acids is 1. The minimum Gasteiger partial charge on any atom is -0.477 e. The van der Waals surface area contributed by atoms with Gasteiger partial charge in [0.2, 0.25) is 0 Å². The first-order valence-electron chi connectivity index (χ1n) is 6.18. The summed E-state index contributed by atoms with van der Waals surface area (Å²) in [7, 11) is 0. The number of hydrogen-bond donors (Lipinski definition) is 1. The fourth-order valence-electron chi connectivity index (χ4n) is 2.15. The molecule has 18 heavy (non-hydrogen) atoms. The Bertz CT molecular complexity index is 437. The largest absolute Gasteiger partial charge is 0.477 e. The van der Waals surface area contributed by atoms with Gasteiger partial charge in [-0.2, -0.15) is 0 Å². The first-order valence-corrected chi connectivity index (χ1v) is 7.00. The number of rotatable bonds is 3. The summed E-state index contributed by atoms with van der Waals surface area (Å²) in [6, 6.07) is 0.569. The molecule has 0 unspecified atom stereocenters. The summed E-state index contributed by atoms with van der Waals surface area (Å²) < 4.78 is 0. The Morgan fingerprint density at radius 3 is 2.39 bits per heavy atom. The highest BCUT2D eigenvalue weighted by molar-refractivity contribution is 7.17. The molecule has 0 aliphatic carbocycles. The van der Waals surface area contributed by atoms with Gasteiger partial charge in [0.1, 0.15) is 4.88 Å². The normalized spacial score (nSPS) is 17.4. The lowest BCUT2D eigenvalue weighted by molar-refractivity contribution is 0.0701. The molecule has 1 N–H and O–H groups in total. The average Bonchev–Trinajstić information content (AvgIpc) is 2.71.